The fourth-order valence-electron chi connectivity index (χ4n) is 1.71. The van der Waals surface area contributed by atoms with Gasteiger partial charge in [0.25, 0.3) is 0 Å². The number of carbonyl (C=O) groups is 2. The Balaban J connectivity index is 2.70. The Morgan fingerprint density at radius 1 is 0.824 bits per heavy atom. The molecule has 0 bridgehead atoms. The van der Waals surface area contributed by atoms with Crippen LogP contribution in [0.2, 0.25) is 5.02 Å². The van der Waals surface area contributed by atoms with E-state index in [0.29, 0.717) is 27.3 Å². The average molecular weight is 245 g/mol. The third kappa shape index (κ3) is 2.27. The van der Waals surface area contributed by atoms with E-state index < -0.39 is 0 Å². The quantitative estimate of drug-likeness (QED) is 0.773. The summed E-state index contributed by atoms with van der Waals surface area (Å²) < 4.78 is 0. The lowest BCUT2D eigenvalue weighted by Crippen LogP contribution is -1.92. The number of hydrogen-bond donors (Lipinski definition) is 0. The van der Waals surface area contributed by atoms with Gasteiger partial charge in [-0.1, -0.05) is 35.9 Å². The zero-order chi connectivity index (χ0) is 12.3. The van der Waals surface area contributed by atoms with E-state index in [1.807, 2.05) is 6.07 Å². The zero-order valence-electron chi connectivity index (χ0n) is 8.89. The molecule has 17 heavy (non-hydrogen) atoms. The topological polar surface area (TPSA) is 34.1 Å². The molecular formula is C14H9ClO2. The molecular weight excluding hydrogens is 236 g/mol. The molecule has 84 valence electrons. The van der Waals surface area contributed by atoms with E-state index in [4.69, 9.17) is 11.6 Å². The summed E-state index contributed by atoms with van der Waals surface area (Å²) in [5, 5.41) is 0.534. The van der Waals surface area contributed by atoms with Gasteiger partial charge in [-0.3, -0.25) is 9.59 Å². The molecule has 0 atom stereocenters. The van der Waals surface area contributed by atoms with Gasteiger partial charge < -0.3 is 0 Å². The van der Waals surface area contributed by atoms with Crippen LogP contribution in [0, 0.1) is 0 Å². The molecule has 0 unspecified atom stereocenters. The predicted molar refractivity (Wildman–Crippen MR) is 67.7 cm³/mol. The molecule has 0 aliphatic heterocycles. The van der Waals surface area contributed by atoms with Gasteiger partial charge in [0.2, 0.25) is 0 Å². The molecule has 0 amide bonds. The Kier molecular flexibility index (Phi) is 3.35. The molecule has 3 heteroatoms. The fraction of sp³-hybridized carbons (Fsp3) is 0. The second-order valence-electron chi connectivity index (χ2n) is 3.55. The first-order chi connectivity index (χ1) is 8.26. The molecule has 0 aliphatic carbocycles. The van der Waals surface area contributed by atoms with Crippen molar-refractivity contribution in [3.05, 3.63) is 58.6 Å². The minimum Gasteiger partial charge on any atom is -0.298 e. The fourth-order valence-corrected chi connectivity index (χ4v) is 1.88. The number of aldehydes is 2. The molecule has 0 fully saturated rings. The molecule has 2 aromatic carbocycles. The Morgan fingerprint density at radius 3 is 2.18 bits per heavy atom. The summed E-state index contributed by atoms with van der Waals surface area (Å²) in [4.78, 5) is 21.9. The van der Waals surface area contributed by atoms with Gasteiger partial charge in [-0.2, -0.15) is 0 Å². The predicted octanol–water partition coefficient (Wildman–Crippen LogP) is 3.63. The number of rotatable bonds is 3. The van der Waals surface area contributed by atoms with Crippen molar-refractivity contribution in [2.24, 2.45) is 0 Å². The molecule has 0 aliphatic rings. The minimum absolute atomic E-state index is 0.517. The summed E-state index contributed by atoms with van der Waals surface area (Å²) in [7, 11) is 0. The number of carbonyl (C=O) groups excluding carboxylic acids is 2. The third-order valence-corrected chi connectivity index (χ3v) is 2.76. The van der Waals surface area contributed by atoms with Crippen molar-refractivity contribution in [3.63, 3.8) is 0 Å². The van der Waals surface area contributed by atoms with Gasteiger partial charge in [0.1, 0.15) is 0 Å². The van der Waals surface area contributed by atoms with Crippen LogP contribution < -0.4 is 0 Å². The highest BCUT2D eigenvalue weighted by Crippen LogP contribution is 2.28. The largest absolute Gasteiger partial charge is 0.298 e. The van der Waals surface area contributed by atoms with Gasteiger partial charge in [0, 0.05) is 16.1 Å². The number of benzene rings is 2. The van der Waals surface area contributed by atoms with Crippen molar-refractivity contribution in [2.75, 3.05) is 0 Å². The molecule has 0 N–H and O–H groups in total. The second kappa shape index (κ2) is 4.93. The zero-order valence-corrected chi connectivity index (χ0v) is 9.65. The highest BCUT2D eigenvalue weighted by Gasteiger charge is 2.09. The van der Waals surface area contributed by atoms with Crippen molar-refractivity contribution in [2.45, 2.75) is 0 Å². The van der Waals surface area contributed by atoms with Crippen molar-refractivity contribution in [3.8, 4) is 11.1 Å². The van der Waals surface area contributed by atoms with Crippen LogP contribution in [0.4, 0.5) is 0 Å². The maximum atomic E-state index is 11.0. The van der Waals surface area contributed by atoms with Crippen LogP contribution in [0.1, 0.15) is 20.7 Å². The molecule has 0 spiro atoms. The lowest BCUT2D eigenvalue weighted by atomic mass is 9.96. The summed E-state index contributed by atoms with van der Waals surface area (Å²) in [5.41, 5.74) is 2.45. The summed E-state index contributed by atoms with van der Waals surface area (Å²) in [6.07, 6.45) is 1.53. The number of hydrogen-bond acceptors (Lipinski definition) is 2. The first kappa shape index (κ1) is 11.6. The Labute approximate surface area is 104 Å². The summed E-state index contributed by atoms with van der Waals surface area (Å²) >= 11 is 5.91. The van der Waals surface area contributed by atoms with Crippen LogP contribution in [-0.4, -0.2) is 12.6 Å². The Hall–Kier alpha value is -1.93. The molecule has 0 saturated heterocycles. The third-order valence-electron chi connectivity index (χ3n) is 2.52. The maximum Gasteiger partial charge on any atom is 0.150 e. The molecule has 0 heterocycles. The van der Waals surface area contributed by atoms with Crippen molar-refractivity contribution >= 4 is 24.2 Å². The molecule has 0 radical (unpaired) electrons. The first-order valence-electron chi connectivity index (χ1n) is 5.05. The van der Waals surface area contributed by atoms with Crippen molar-refractivity contribution < 1.29 is 9.59 Å². The van der Waals surface area contributed by atoms with E-state index >= 15 is 0 Å². The molecule has 2 nitrogen and oxygen atoms in total. The van der Waals surface area contributed by atoms with E-state index in [1.165, 1.54) is 0 Å². The minimum atomic E-state index is 0.517. The van der Waals surface area contributed by atoms with Gasteiger partial charge in [-0.25, -0.2) is 0 Å². The Bertz CT molecular complexity index is 576. The van der Waals surface area contributed by atoms with Crippen LogP contribution in [0.5, 0.6) is 0 Å². The van der Waals surface area contributed by atoms with Crippen LogP contribution in [0.15, 0.2) is 42.5 Å². The molecule has 0 saturated carbocycles. The van der Waals surface area contributed by atoms with Crippen LogP contribution >= 0.6 is 11.6 Å². The monoisotopic (exact) mass is 244 g/mol. The van der Waals surface area contributed by atoms with Crippen LogP contribution in [0.25, 0.3) is 11.1 Å². The molecule has 2 rings (SSSR count). The normalized spacial score (nSPS) is 9.94. The second-order valence-corrected chi connectivity index (χ2v) is 3.99. The highest BCUT2D eigenvalue weighted by atomic mass is 35.5. The van der Waals surface area contributed by atoms with E-state index in [1.54, 1.807) is 36.4 Å². The van der Waals surface area contributed by atoms with Crippen molar-refractivity contribution in [1.82, 2.24) is 0 Å². The van der Waals surface area contributed by atoms with E-state index in [0.717, 1.165) is 12.6 Å². The van der Waals surface area contributed by atoms with Crippen LogP contribution in [0.3, 0.4) is 0 Å². The first-order valence-corrected chi connectivity index (χ1v) is 5.43. The average Bonchev–Trinajstić information content (AvgIpc) is 2.38. The molecule has 2 aromatic rings. The lowest BCUT2D eigenvalue weighted by Gasteiger charge is -2.08. The lowest BCUT2D eigenvalue weighted by molar-refractivity contribution is 0.111. The van der Waals surface area contributed by atoms with E-state index in [9.17, 15) is 9.59 Å². The van der Waals surface area contributed by atoms with Crippen molar-refractivity contribution in [1.29, 1.82) is 0 Å². The standard InChI is InChI=1S/C14H9ClO2/c15-12-6-5-11(9-17)14(7-12)13-4-2-1-3-10(13)8-16/h1-9H. The van der Waals surface area contributed by atoms with E-state index in [-0.39, 0.29) is 0 Å². The molecule has 0 aromatic heterocycles. The summed E-state index contributed by atoms with van der Waals surface area (Å²) in [6.45, 7) is 0. The van der Waals surface area contributed by atoms with Gasteiger partial charge >= 0.3 is 0 Å². The SMILES string of the molecule is O=Cc1ccccc1-c1cc(Cl)ccc1C=O. The summed E-state index contributed by atoms with van der Waals surface area (Å²) in [6, 6.07) is 12.1. The number of halogens is 1. The van der Waals surface area contributed by atoms with Gasteiger partial charge in [0.05, 0.1) is 0 Å². The Morgan fingerprint density at radius 2 is 1.47 bits per heavy atom. The van der Waals surface area contributed by atoms with E-state index in [2.05, 4.69) is 0 Å². The van der Waals surface area contributed by atoms with Crippen LogP contribution in [-0.2, 0) is 0 Å². The summed E-state index contributed by atoms with van der Waals surface area (Å²) in [5.74, 6) is 0. The van der Waals surface area contributed by atoms with Gasteiger partial charge in [-0.15, -0.1) is 0 Å². The smallest absolute Gasteiger partial charge is 0.150 e. The van der Waals surface area contributed by atoms with Gasteiger partial charge in [0.15, 0.2) is 12.6 Å². The van der Waals surface area contributed by atoms with Gasteiger partial charge in [-0.05, 0) is 29.3 Å². The maximum absolute atomic E-state index is 11.0. The highest BCUT2D eigenvalue weighted by molar-refractivity contribution is 6.31.